The molecule has 4 aromatic rings. The van der Waals surface area contributed by atoms with E-state index in [0.29, 0.717) is 5.82 Å². The van der Waals surface area contributed by atoms with Gasteiger partial charge in [0.2, 0.25) is 0 Å². The lowest BCUT2D eigenvalue weighted by molar-refractivity contribution is 0.331. The van der Waals surface area contributed by atoms with Gasteiger partial charge in [0.1, 0.15) is 5.52 Å². The summed E-state index contributed by atoms with van der Waals surface area (Å²) < 4.78 is 0. The number of rotatable bonds is 5. The zero-order valence-corrected chi connectivity index (χ0v) is 17.6. The largest absolute Gasteiger partial charge is 0.382 e. The number of fused-ring (bicyclic) bond motifs is 3. The number of hydrogen-bond donors (Lipinski definition) is 1. The lowest BCUT2D eigenvalue weighted by Crippen LogP contribution is -2.18. The van der Waals surface area contributed by atoms with Crippen LogP contribution in [0.4, 0.5) is 5.82 Å². The predicted octanol–water partition coefficient (Wildman–Crippen LogP) is 5.05. The molecule has 5 rings (SSSR count). The highest BCUT2D eigenvalue weighted by Gasteiger charge is 2.12. The van der Waals surface area contributed by atoms with Crippen LogP contribution in [0.5, 0.6) is 0 Å². The molecule has 0 saturated carbocycles. The van der Waals surface area contributed by atoms with Gasteiger partial charge in [0.05, 0.1) is 5.52 Å². The van der Waals surface area contributed by atoms with Gasteiger partial charge in [-0.05, 0) is 80.1 Å². The van der Waals surface area contributed by atoms with E-state index in [2.05, 4.69) is 70.3 Å². The van der Waals surface area contributed by atoms with Crippen LogP contribution < -0.4 is 5.73 Å². The summed E-state index contributed by atoms with van der Waals surface area (Å²) in [5, 5.41) is 2.21. The van der Waals surface area contributed by atoms with E-state index >= 15 is 0 Å². The van der Waals surface area contributed by atoms with Crippen molar-refractivity contribution >= 4 is 27.6 Å². The summed E-state index contributed by atoms with van der Waals surface area (Å²) in [5.41, 5.74) is 13.1. The molecular formula is C26H28N4. The summed E-state index contributed by atoms with van der Waals surface area (Å²) in [7, 11) is 0. The second-order valence-electron chi connectivity index (χ2n) is 8.56. The van der Waals surface area contributed by atoms with Crippen LogP contribution in [0.25, 0.3) is 21.8 Å². The van der Waals surface area contributed by atoms with E-state index in [1.54, 1.807) is 0 Å². The third kappa shape index (κ3) is 3.88. The van der Waals surface area contributed by atoms with Crippen molar-refractivity contribution in [2.24, 2.45) is 0 Å². The molecule has 2 aromatic carbocycles. The summed E-state index contributed by atoms with van der Waals surface area (Å²) in [6.07, 6.45) is 6.60. The highest BCUT2D eigenvalue weighted by molar-refractivity contribution is 6.08. The summed E-state index contributed by atoms with van der Waals surface area (Å²) in [6, 6.07) is 17.7. The van der Waals surface area contributed by atoms with E-state index < -0.39 is 0 Å². The Bertz CT molecular complexity index is 1190. The highest BCUT2D eigenvalue weighted by Crippen LogP contribution is 2.28. The number of anilines is 1. The van der Waals surface area contributed by atoms with Crippen molar-refractivity contribution in [2.45, 2.75) is 39.2 Å². The van der Waals surface area contributed by atoms with Gasteiger partial charge < -0.3 is 5.73 Å². The van der Waals surface area contributed by atoms with Crippen molar-refractivity contribution in [1.29, 1.82) is 0 Å². The van der Waals surface area contributed by atoms with Gasteiger partial charge in [0, 0.05) is 23.5 Å². The van der Waals surface area contributed by atoms with Crippen molar-refractivity contribution in [3.05, 3.63) is 77.0 Å². The van der Waals surface area contributed by atoms with Gasteiger partial charge in [0.15, 0.2) is 5.82 Å². The third-order valence-electron chi connectivity index (χ3n) is 6.20. The van der Waals surface area contributed by atoms with Gasteiger partial charge in [-0.2, -0.15) is 0 Å². The topological polar surface area (TPSA) is 55.0 Å². The number of benzene rings is 2. The second-order valence-corrected chi connectivity index (χ2v) is 8.56. The number of nitrogens with zero attached hydrogens (tertiary/aromatic N) is 3. The summed E-state index contributed by atoms with van der Waals surface area (Å²) in [4.78, 5) is 11.7. The molecule has 2 N–H and O–H groups in total. The summed E-state index contributed by atoms with van der Waals surface area (Å²) >= 11 is 0. The summed E-state index contributed by atoms with van der Waals surface area (Å²) in [5.74, 6) is 0.503. The number of nitrogens with two attached hydrogens (primary N) is 1. The first-order valence-corrected chi connectivity index (χ1v) is 10.9. The minimum atomic E-state index is 0.503. The number of likely N-dealkylation sites (tertiary alicyclic amines) is 1. The molecule has 1 aliphatic rings. The van der Waals surface area contributed by atoms with Crippen LogP contribution >= 0.6 is 0 Å². The molecule has 30 heavy (non-hydrogen) atoms. The minimum absolute atomic E-state index is 0.503. The van der Waals surface area contributed by atoms with Gasteiger partial charge in [0.25, 0.3) is 0 Å². The van der Waals surface area contributed by atoms with Gasteiger partial charge in [-0.1, -0.05) is 36.4 Å². The first-order valence-electron chi connectivity index (χ1n) is 10.9. The number of aromatic nitrogens is 2. The molecule has 2 aromatic heterocycles. The van der Waals surface area contributed by atoms with Crippen LogP contribution in [0.1, 0.15) is 35.1 Å². The fourth-order valence-electron chi connectivity index (χ4n) is 4.50. The van der Waals surface area contributed by atoms with E-state index in [-0.39, 0.29) is 0 Å². The Balaban J connectivity index is 1.34. The van der Waals surface area contributed by atoms with Gasteiger partial charge in [-0.25, -0.2) is 4.98 Å². The average Bonchev–Trinajstić information content (AvgIpc) is 3.26. The molecule has 0 unspecified atom stereocenters. The smallest absolute Gasteiger partial charge is 0.150 e. The Morgan fingerprint density at radius 3 is 2.40 bits per heavy atom. The fourth-order valence-corrected chi connectivity index (χ4v) is 4.50. The Kier molecular flexibility index (Phi) is 5.09. The van der Waals surface area contributed by atoms with Crippen LogP contribution in [0.15, 0.2) is 54.7 Å². The molecule has 0 amide bonds. The maximum Gasteiger partial charge on any atom is 0.150 e. The van der Waals surface area contributed by atoms with Gasteiger partial charge >= 0.3 is 0 Å². The van der Waals surface area contributed by atoms with Crippen LogP contribution in [-0.4, -0.2) is 28.0 Å². The standard InChI is InChI=1S/C26H28N4/c1-18-4-11-22-23-15-21(16-28-25(23)26(27)29-24(22)14-18)10-7-19-5-8-20(9-6-19)17-30-12-2-3-13-30/h4-6,8-9,11,14-16H,2-3,7,10,12-13,17H2,1H3,(H2,27,29). The first-order chi connectivity index (χ1) is 14.7. The van der Waals surface area contributed by atoms with E-state index in [9.17, 15) is 0 Å². The lowest BCUT2D eigenvalue weighted by atomic mass is 10.0. The molecule has 4 nitrogen and oxygen atoms in total. The molecule has 4 heteroatoms. The molecule has 0 aliphatic carbocycles. The molecule has 152 valence electrons. The molecule has 0 bridgehead atoms. The van der Waals surface area contributed by atoms with E-state index in [4.69, 9.17) is 5.73 Å². The Labute approximate surface area is 177 Å². The zero-order chi connectivity index (χ0) is 20.5. The third-order valence-corrected chi connectivity index (χ3v) is 6.20. The Hall–Kier alpha value is -2.98. The molecule has 3 heterocycles. The van der Waals surface area contributed by atoms with Crippen molar-refractivity contribution in [3.63, 3.8) is 0 Å². The number of aryl methyl sites for hydroxylation is 3. The van der Waals surface area contributed by atoms with Crippen molar-refractivity contribution in [1.82, 2.24) is 14.9 Å². The zero-order valence-electron chi connectivity index (χ0n) is 17.6. The van der Waals surface area contributed by atoms with Crippen molar-refractivity contribution < 1.29 is 0 Å². The van der Waals surface area contributed by atoms with Crippen LogP contribution in [0.2, 0.25) is 0 Å². The van der Waals surface area contributed by atoms with Crippen LogP contribution in [0, 0.1) is 6.92 Å². The van der Waals surface area contributed by atoms with Crippen LogP contribution in [-0.2, 0) is 19.4 Å². The second kappa shape index (κ2) is 8.04. The Morgan fingerprint density at radius 2 is 1.60 bits per heavy atom. The molecule has 1 aliphatic heterocycles. The number of hydrogen-bond acceptors (Lipinski definition) is 4. The van der Waals surface area contributed by atoms with Crippen LogP contribution in [0.3, 0.4) is 0 Å². The van der Waals surface area contributed by atoms with Gasteiger partial charge in [-0.3, -0.25) is 9.88 Å². The maximum absolute atomic E-state index is 6.18. The quantitative estimate of drug-likeness (QED) is 0.479. The molecular weight excluding hydrogens is 368 g/mol. The van der Waals surface area contributed by atoms with Gasteiger partial charge in [-0.15, -0.1) is 0 Å². The first kappa shape index (κ1) is 19.0. The highest BCUT2D eigenvalue weighted by atomic mass is 15.1. The molecule has 0 atom stereocenters. The SMILES string of the molecule is Cc1ccc2c(c1)nc(N)c1ncc(CCc3ccc(CN4CCCC4)cc3)cc12. The normalized spacial score (nSPS) is 14.7. The van der Waals surface area contributed by atoms with E-state index in [1.807, 2.05) is 6.20 Å². The van der Waals surface area contributed by atoms with E-state index in [0.717, 1.165) is 41.2 Å². The fraction of sp³-hybridized carbons (Fsp3) is 0.308. The average molecular weight is 397 g/mol. The van der Waals surface area contributed by atoms with E-state index in [1.165, 1.54) is 48.2 Å². The van der Waals surface area contributed by atoms with Crippen molar-refractivity contribution in [2.75, 3.05) is 18.8 Å². The monoisotopic (exact) mass is 396 g/mol. The minimum Gasteiger partial charge on any atom is -0.382 e. The van der Waals surface area contributed by atoms with Crippen molar-refractivity contribution in [3.8, 4) is 0 Å². The lowest BCUT2D eigenvalue weighted by Gasteiger charge is -2.14. The number of pyridine rings is 2. The Morgan fingerprint density at radius 1 is 0.867 bits per heavy atom. The molecule has 0 radical (unpaired) electrons. The summed E-state index contributed by atoms with van der Waals surface area (Å²) in [6.45, 7) is 5.64. The molecule has 0 spiro atoms. The molecule has 1 saturated heterocycles. The predicted molar refractivity (Wildman–Crippen MR) is 125 cm³/mol. The maximum atomic E-state index is 6.18. The number of nitrogen functional groups attached to an aromatic ring is 1. The molecule has 1 fully saturated rings.